The number of rotatable bonds is 3. The highest BCUT2D eigenvalue weighted by Gasteiger charge is 2.26. The maximum absolute atomic E-state index is 11.3. The molecule has 0 atom stereocenters. The van der Waals surface area contributed by atoms with Crippen molar-refractivity contribution in [2.75, 3.05) is 6.54 Å². The molecule has 0 radical (unpaired) electrons. The predicted molar refractivity (Wildman–Crippen MR) is 111 cm³/mol. The molecule has 6 nitrogen and oxygen atoms in total. The fraction of sp³-hybridized carbons (Fsp3) is 0.250. The Bertz CT molecular complexity index is 1100. The Morgan fingerprint density at radius 2 is 1.86 bits per heavy atom. The van der Waals surface area contributed by atoms with Crippen LogP contribution in [0.2, 0.25) is 10.0 Å². The van der Waals surface area contributed by atoms with E-state index >= 15 is 0 Å². The first-order valence-electron chi connectivity index (χ1n) is 8.99. The topological polar surface area (TPSA) is 80.7 Å². The number of halogens is 2. The Morgan fingerprint density at radius 1 is 1.11 bits per heavy atom. The smallest absolute Gasteiger partial charge is 0.270 e. The average Bonchev–Trinajstić information content (AvgIpc) is 2.82. The van der Waals surface area contributed by atoms with Crippen LogP contribution < -0.4 is 0 Å². The fourth-order valence-electron chi connectivity index (χ4n) is 3.67. The van der Waals surface area contributed by atoms with Crippen LogP contribution >= 0.6 is 23.2 Å². The monoisotopic (exact) mass is 417 g/mol. The summed E-state index contributed by atoms with van der Waals surface area (Å²) in [5, 5.41) is 23.8. The third-order valence-electron chi connectivity index (χ3n) is 4.96. The summed E-state index contributed by atoms with van der Waals surface area (Å²) in [5.41, 5.74) is 2.23. The number of fused-ring (bicyclic) bond motifs is 1. The van der Waals surface area contributed by atoms with Crippen molar-refractivity contribution < 1.29 is 10.0 Å². The van der Waals surface area contributed by atoms with E-state index in [1.54, 1.807) is 28.8 Å². The lowest BCUT2D eigenvalue weighted by atomic mass is 10.0. The summed E-state index contributed by atoms with van der Waals surface area (Å²) >= 11 is 12.8. The lowest BCUT2D eigenvalue weighted by molar-refractivity contribution is -0.384. The number of hydrogen-bond donors (Lipinski definition) is 1. The van der Waals surface area contributed by atoms with Gasteiger partial charge in [-0.15, -0.1) is 0 Å². The number of benzene rings is 2. The number of aliphatic imine (C=N–C) groups is 1. The number of aromatic hydroxyl groups is 1. The molecule has 1 aliphatic heterocycles. The van der Waals surface area contributed by atoms with Crippen LogP contribution in [0.5, 0.6) is 5.88 Å². The first-order valence-corrected chi connectivity index (χ1v) is 9.74. The molecule has 0 bridgehead atoms. The number of nitro benzene ring substituents is 1. The van der Waals surface area contributed by atoms with Crippen molar-refractivity contribution in [1.82, 2.24) is 4.57 Å². The van der Waals surface area contributed by atoms with Gasteiger partial charge in [0.25, 0.3) is 5.69 Å². The summed E-state index contributed by atoms with van der Waals surface area (Å²) in [6.45, 7) is 0.670. The van der Waals surface area contributed by atoms with Crippen molar-refractivity contribution in [3.63, 3.8) is 0 Å². The van der Waals surface area contributed by atoms with Gasteiger partial charge >= 0.3 is 0 Å². The number of nitrogens with zero attached hydrogens (tertiary/aromatic N) is 3. The van der Waals surface area contributed by atoms with Crippen molar-refractivity contribution >= 4 is 45.5 Å². The highest BCUT2D eigenvalue weighted by Crippen LogP contribution is 2.41. The van der Waals surface area contributed by atoms with Crippen LogP contribution in [0.1, 0.15) is 31.2 Å². The SMILES string of the molecule is O=[N+]([O-])c1ccc2c(c1)c(C1=NCCCCC1)c(O)n2-c1c(Cl)cccc1Cl. The second-order valence-electron chi connectivity index (χ2n) is 6.70. The van der Waals surface area contributed by atoms with Crippen LogP contribution in [0, 0.1) is 10.1 Å². The van der Waals surface area contributed by atoms with Crippen molar-refractivity contribution in [3.8, 4) is 11.6 Å². The van der Waals surface area contributed by atoms with Gasteiger partial charge in [-0.05, 0) is 37.5 Å². The minimum Gasteiger partial charge on any atom is -0.494 e. The summed E-state index contributed by atoms with van der Waals surface area (Å²) < 4.78 is 1.55. The quantitative estimate of drug-likeness (QED) is 0.424. The van der Waals surface area contributed by atoms with Gasteiger partial charge in [0.1, 0.15) is 0 Å². The van der Waals surface area contributed by atoms with Gasteiger partial charge in [-0.3, -0.25) is 19.7 Å². The van der Waals surface area contributed by atoms with Crippen molar-refractivity contribution in [3.05, 3.63) is 62.1 Å². The Balaban J connectivity index is 2.08. The molecule has 144 valence electrons. The zero-order valence-electron chi connectivity index (χ0n) is 14.9. The minimum absolute atomic E-state index is 0.0506. The van der Waals surface area contributed by atoms with Crippen molar-refractivity contribution in [1.29, 1.82) is 0 Å². The Morgan fingerprint density at radius 3 is 2.57 bits per heavy atom. The van der Waals surface area contributed by atoms with Gasteiger partial charge < -0.3 is 5.11 Å². The Labute approximate surface area is 171 Å². The number of hydrogen-bond acceptors (Lipinski definition) is 4. The second kappa shape index (κ2) is 7.45. The van der Waals surface area contributed by atoms with Crippen LogP contribution in [0.3, 0.4) is 0 Å². The normalized spacial score (nSPS) is 14.7. The van der Waals surface area contributed by atoms with E-state index in [1.807, 2.05) is 0 Å². The van der Waals surface area contributed by atoms with E-state index in [-0.39, 0.29) is 11.6 Å². The van der Waals surface area contributed by atoms with Crippen LogP contribution in [0.25, 0.3) is 16.6 Å². The summed E-state index contributed by atoms with van der Waals surface area (Å²) in [5.74, 6) is -0.0638. The molecule has 8 heteroatoms. The molecule has 0 saturated heterocycles. The summed E-state index contributed by atoms with van der Waals surface area (Å²) in [6.07, 6.45) is 3.70. The van der Waals surface area contributed by atoms with Crippen LogP contribution in [0.15, 0.2) is 41.4 Å². The molecule has 1 N–H and O–H groups in total. The molecule has 0 fully saturated rings. The first-order chi connectivity index (χ1) is 13.5. The zero-order valence-corrected chi connectivity index (χ0v) is 16.4. The number of nitro groups is 1. The number of para-hydroxylation sites is 1. The Kier molecular flexibility index (Phi) is 5.00. The Hall–Kier alpha value is -2.57. The maximum Gasteiger partial charge on any atom is 0.270 e. The summed E-state index contributed by atoms with van der Waals surface area (Å²) in [6, 6.07) is 9.57. The van der Waals surface area contributed by atoms with E-state index in [9.17, 15) is 15.2 Å². The van der Waals surface area contributed by atoms with E-state index in [0.29, 0.717) is 45.2 Å². The molecule has 0 saturated carbocycles. The molecule has 0 unspecified atom stereocenters. The lowest BCUT2D eigenvalue weighted by Crippen LogP contribution is -2.01. The van der Waals surface area contributed by atoms with E-state index in [2.05, 4.69) is 4.99 Å². The number of aromatic nitrogens is 1. The summed E-state index contributed by atoms with van der Waals surface area (Å²) in [7, 11) is 0. The molecule has 4 rings (SSSR count). The highest BCUT2D eigenvalue weighted by atomic mass is 35.5. The predicted octanol–water partition coefficient (Wildman–Crippen LogP) is 5.91. The molecule has 28 heavy (non-hydrogen) atoms. The fourth-order valence-corrected chi connectivity index (χ4v) is 4.24. The third-order valence-corrected chi connectivity index (χ3v) is 5.57. The van der Waals surface area contributed by atoms with Crippen LogP contribution in [-0.2, 0) is 0 Å². The van der Waals surface area contributed by atoms with Gasteiger partial charge in [-0.2, -0.15) is 0 Å². The van der Waals surface area contributed by atoms with E-state index in [4.69, 9.17) is 23.2 Å². The molecule has 1 aromatic heterocycles. The second-order valence-corrected chi connectivity index (χ2v) is 7.52. The molecule has 0 aliphatic carbocycles. The van der Waals surface area contributed by atoms with Crippen LogP contribution in [-0.4, -0.2) is 26.9 Å². The van der Waals surface area contributed by atoms with Gasteiger partial charge in [0.2, 0.25) is 5.88 Å². The zero-order chi connectivity index (χ0) is 19.8. The van der Waals surface area contributed by atoms with Gasteiger partial charge in [0.05, 0.1) is 31.7 Å². The van der Waals surface area contributed by atoms with E-state index in [1.165, 1.54) is 12.1 Å². The molecular weight excluding hydrogens is 401 g/mol. The van der Waals surface area contributed by atoms with Crippen molar-refractivity contribution in [2.45, 2.75) is 25.7 Å². The van der Waals surface area contributed by atoms with E-state index in [0.717, 1.165) is 25.0 Å². The molecule has 2 heterocycles. The summed E-state index contributed by atoms with van der Waals surface area (Å²) in [4.78, 5) is 15.5. The maximum atomic E-state index is 11.3. The van der Waals surface area contributed by atoms with E-state index < -0.39 is 4.92 Å². The molecule has 3 aromatic rings. The number of non-ortho nitro benzene ring substituents is 1. The minimum atomic E-state index is -0.449. The first kappa shape index (κ1) is 18.8. The third kappa shape index (κ3) is 3.12. The molecular formula is C20H17Cl2N3O3. The van der Waals surface area contributed by atoms with Crippen molar-refractivity contribution in [2.24, 2.45) is 4.99 Å². The van der Waals surface area contributed by atoms with Gasteiger partial charge in [0, 0.05) is 29.8 Å². The molecule has 2 aromatic carbocycles. The highest BCUT2D eigenvalue weighted by molar-refractivity contribution is 6.38. The van der Waals surface area contributed by atoms with Gasteiger partial charge in [0.15, 0.2) is 0 Å². The molecule has 0 amide bonds. The lowest BCUT2D eigenvalue weighted by Gasteiger charge is -2.11. The van der Waals surface area contributed by atoms with Crippen LogP contribution in [0.4, 0.5) is 5.69 Å². The standard InChI is InChI=1S/C20H17Cl2N3O3/c21-14-5-4-6-15(22)19(14)24-17-9-8-12(25(27)28)11-13(17)18(20(24)26)16-7-2-1-3-10-23-16/h4-6,8-9,11,26H,1-3,7,10H2. The van der Waals surface area contributed by atoms with Gasteiger partial charge in [-0.1, -0.05) is 35.7 Å². The largest absolute Gasteiger partial charge is 0.494 e. The molecule has 0 spiro atoms. The average molecular weight is 418 g/mol. The van der Waals surface area contributed by atoms with Gasteiger partial charge in [-0.25, -0.2) is 0 Å². The molecule has 1 aliphatic rings.